The number of rotatable bonds is 4. The van der Waals surface area contributed by atoms with Gasteiger partial charge in [0.1, 0.15) is 18.1 Å². The van der Waals surface area contributed by atoms with Gasteiger partial charge in [0.05, 0.1) is 9.26 Å². The minimum atomic E-state index is -0.957. The molecule has 98 valence electrons. The van der Waals surface area contributed by atoms with Gasteiger partial charge >= 0.3 is 5.97 Å². The predicted octanol–water partition coefficient (Wildman–Crippen LogP) is 2.63. The van der Waals surface area contributed by atoms with Gasteiger partial charge in [0.25, 0.3) is 0 Å². The summed E-state index contributed by atoms with van der Waals surface area (Å²) in [5.74, 6) is -2.06. The number of carboxylic acids is 1. The van der Waals surface area contributed by atoms with E-state index in [1.807, 2.05) is 22.6 Å². The van der Waals surface area contributed by atoms with E-state index in [1.165, 1.54) is 18.5 Å². The molecule has 1 aromatic carbocycles. The third kappa shape index (κ3) is 3.46. The van der Waals surface area contributed by atoms with E-state index in [9.17, 15) is 14.3 Å². The number of benzene rings is 1. The molecule has 0 radical (unpaired) electrons. The molecule has 0 saturated heterocycles. The molecule has 19 heavy (non-hydrogen) atoms. The smallest absolute Gasteiger partial charge is 0.312 e. The van der Waals surface area contributed by atoms with Crippen LogP contribution in [0.4, 0.5) is 4.39 Å². The Labute approximate surface area is 122 Å². The second kappa shape index (κ2) is 6.05. The van der Waals surface area contributed by atoms with Crippen LogP contribution in [0.2, 0.25) is 0 Å². The fraction of sp³-hybridized carbons (Fsp3) is 0.154. The molecule has 1 unspecified atom stereocenters. The molecule has 4 nitrogen and oxygen atoms in total. The fourth-order valence-electron chi connectivity index (χ4n) is 1.74. The van der Waals surface area contributed by atoms with E-state index < -0.39 is 11.9 Å². The second-order valence-electron chi connectivity index (χ2n) is 3.98. The number of aliphatic carboxylic acids is 1. The molecule has 6 heteroatoms. The first-order chi connectivity index (χ1) is 9.08. The average molecular weight is 372 g/mol. The van der Waals surface area contributed by atoms with Crippen molar-refractivity contribution in [1.29, 1.82) is 0 Å². The first-order valence-electron chi connectivity index (χ1n) is 5.50. The van der Waals surface area contributed by atoms with Gasteiger partial charge in [-0.1, -0.05) is 12.1 Å². The maximum absolute atomic E-state index is 12.8. The topological polar surface area (TPSA) is 63.1 Å². The monoisotopic (exact) mass is 372 g/mol. The van der Waals surface area contributed by atoms with Crippen LogP contribution in [0.5, 0.6) is 0 Å². The van der Waals surface area contributed by atoms with Crippen LogP contribution < -0.4 is 0 Å². The highest BCUT2D eigenvalue weighted by Gasteiger charge is 2.24. The van der Waals surface area contributed by atoms with Gasteiger partial charge in [-0.25, -0.2) is 14.4 Å². The Bertz CT molecular complexity index is 589. The molecule has 1 atom stereocenters. The van der Waals surface area contributed by atoms with Gasteiger partial charge in [-0.2, -0.15) is 0 Å². The molecule has 1 aromatic heterocycles. The Morgan fingerprint density at radius 1 is 1.37 bits per heavy atom. The van der Waals surface area contributed by atoms with Gasteiger partial charge < -0.3 is 5.11 Å². The SMILES string of the molecule is O=C(O)C(Cc1ccc(F)cc1)c1ncncc1I. The lowest BCUT2D eigenvalue weighted by Gasteiger charge is -2.13. The lowest BCUT2D eigenvalue weighted by atomic mass is 9.96. The van der Waals surface area contributed by atoms with E-state index in [0.29, 0.717) is 9.26 Å². The zero-order valence-corrected chi connectivity index (χ0v) is 11.9. The van der Waals surface area contributed by atoms with Crippen LogP contribution in [0.1, 0.15) is 17.2 Å². The molecule has 0 aliphatic carbocycles. The van der Waals surface area contributed by atoms with Crippen molar-refractivity contribution < 1.29 is 14.3 Å². The predicted molar refractivity (Wildman–Crippen MR) is 75.2 cm³/mol. The molecule has 2 rings (SSSR count). The molecule has 1 N–H and O–H groups in total. The van der Waals surface area contributed by atoms with Crippen molar-refractivity contribution in [3.8, 4) is 0 Å². The lowest BCUT2D eigenvalue weighted by molar-refractivity contribution is -0.138. The molecule has 0 spiro atoms. The first kappa shape index (κ1) is 13.9. The number of nitrogens with zero attached hydrogens (tertiary/aromatic N) is 2. The van der Waals surface area contributed by atoms with E-state index in [4.69, 9.17) is 0 Å². The number of halogens is 2. The second-order valence-corrected chi connectivity index (χ2v) is 5.14. The minimum Gasteiger partial charge on any atom is -0.481 e. The summed E-state index contributed by atoms with van der Waals surface area (Å²) in [5, 5.41) is 9.33. The van der Waals surface area contributed by atoms with E-state index in [2.05, 4.69) is 9.97 Å². The molecule has 0 aliphatic heterocycles. The molecule has 0 bridgehead atoms. The molecular formula is C13H10FIN2O2. The summed E-state index contributed by atoms with van der Waals surface area (Å²) in [6, 6.07) is 5.80. The van der Waals surface area contributed by atoms with E-state index in [0.717, 1.165) is 5.56 Å². The molecule has 0 amide bonds. The Balaban J connectivity index is 2.29. The highest BCUT2D eigenvalue weighted by molar-refractivity contribution is 14.1. The fourth-order valence-corrected chi connectivity index (χ4v) is 2.41. The average Bonchev–Trinajstić information content (AvgIpc) is 2.39. The van der Waals surface area contributed by atoms with Crippen LogP contribution in [0, 0.1) is 9.39 Å². The first-order valence-corrected chi connectivity index (χ1v) is 6.58. The largest absolute Gasteiger partial charge is 0.481 e. The summed E-state index contributed by atoms with van der Waals surface area (Å²) < 4.78 is 13.5. The normalized spacial score (nSPS) is 12.1. The third-order valence-corrected chi connectivity index (χ3v) is 3.51. The summed E-state index contributed by atoms with van der Waals surface area (Å²) >= 11 is 2.01. The van der Waals surface area contributed by atoms with Gasteiger partial charge in [0.2, 0.25) is 0 Å². The number of hydrogen-bond donors (Lipinski definition) is 1. The van der Waals surface area contributed by atoms with Crippen molar-refractivity contribution in [2.75, 3.05) is 0 Å². The molecule has 1 heterocycles. The Kier molecular flexibility index (Phi) is 4.41. The summed E-state index contributed by atoms with van der Waals surface area (Å²) in [4.78, 5) is 19.3. The highest BCUT2D eigenvalue weighted by Crippen LogP contribution is 2.23. The standard InChI is InChI=1S/C13H10FIN2O2/c14-9-3-1-8(2-4-9)5-10(13(18)19)12-11(15)6-16-7-17-12/h1-4,6-7,10H,5H2,(H,18,19). The van der Waals surface area contributed by atoms with Crippen molar-refractivity contribution in [3.05, 3.63) is 57.4 Å². The number of aromatic nitrogens is 2. The van der Waals surface area contributed by atoms with Crippen LogP contribution in [0.15, 0.2) is 36.8 Å². The van der Waals surface area contributed by atoms with Crippen LogP contribution >= 0.6 is 22.6 Å². The van der Waals surface area contributed by atoms with Crippen LogP contribution in [0.3, 0.4) is 0 Å². The highest BCUT2D eigenvalue weighted by atomic mass is 127. The minimum absolute atomic E-state index is 0.266. The molecule has 0 saturated carbocycles. The zero-order chi connectivity index (χ0) is 13.8. The van der Waals surface area contributed by atoms with Gasteiger partial charge in [-0.3, -0.25) is 4.79 Å². The van der Waals surface area contributed by atoms with Crippen molar-refractivity contribution in [1.82, 2.24) is 9.97 Å². The molecule has 0 aliphatic rings. The summed E-state index contributed by atoms with van der Waals surface area (Å²) in [7, 11) is 0. The van der Waals surface area contributed by atoms with Crippen molar-refractivity contribution in [2.45, 2.75) is 12.3 Å². The molecule has 2 aromatic rings. The Hall–Kier alpha value is -1.57. The number of carboxylic acid groups (broad SMARTS) is 1. The Morgan fingerprint density at radius 3 is 2.63 bits per heavy atom. The van der Waals surface area contributed by atoms with Crippen LogP contribution in [-0.4, -0.2) is 21.0 Å². The summed E-state index contributed by atoms with van der Waals surface area (Å²) in [5.41, 5.74) is 1.23. The van der Waals surface area contributed by atoms with Crippen molar-refractivity contribution >= 4 is 28.6 Å². The summed E-state index contributed by atoms with van der Waals surface area (Å²) in [6.07, 6.45) is 3.17. The quantitative estimate of drug-likeness (QED) is 0.839. The van der Waals surface area contributed by atoms with E-state index in [1.54, 1.807) is 18.3 Å². The van der Waals surface area contributed by atoms with Gasteiger partial charge in [-0.05, 0) is 46.7 Å². The van der Waals surface area contributed by atoms with Crippen LogP contribution in [0.25, 0.3) is 0 Å². The zero-order valence-electron chi connectivity index (χ0n) is 9.75. The van der Waals surface area contributed by atoms with Gasteiger partial charge in [-0.15, -0.1) is 0 Å². The lowest BCUT2D eigenvalue weighted by Crippen LogP contribution is -2.17. The maximum Gasteiger partial charge on any atom is 0.312 e. The van der Waals surface area contributed by atoms with E-state index in [-0.39, 0.29) is 12.2 Å². The van der Waals surface area contributed by atoms with Crippen molar-refractivity contribution in [3.63, 3.8) is 0 Å². The van der Waals surface area contributed by atoms with Gasteiger partial charge in [0, 0.05) is 6.20 Å². The van der Waals surface area contributed by atoms with Crippen molar-refractivity contribution in [2.24, 2.45) is 0 Å². The van der Waals surface area contributed by atoms with Crippen LogP contribution in [-0.2, 0) is 11.2 Å². The van der Waals surface area contributed by atoms with E-state index >= 15 is 0 Å². The summed E-state index contributed by atoms with van der Waals surface area (Å²) in [6.45, 7) is 0. The molecule has 0 fully saturated rings. The van der Waals surface area contributed by atoms with Gasteiger partial charge in [0.15, 0.2) is 0 Å². The third-order valence-electron chi connectivity index (χ3n) is 2.68. The number of carbonyl (C=O) groups is 1. The number of hydrogen-bond acceptors (Lipinski definition) is 3. The Morgan fingerprint density at radius 2 is 2.05 bits per heavy atom. The molecular weight excluding hydrogens is 362 g/mol. The maximum atomic E-state index is 12.8.